The number of aromatic nitrogens is 3. The average molecular weight is 196 g/mol. The lowest BCUT2D eigenvalue weighted by molar-refractivity contribution is 0.546. The molecule has 3 nitrogen and oxygen atoms in total. The lowest BCUT2D eigenvalue weighted by Crippen LogP contribution is -2.02. The van der Waals surface area contributed by atoms with Crippen molar-refractivity contribution in [2.24, 2.45) is 0 Å². The molecule has 68 valence electrons. The molecule has 0 aliphatic carbocycles. The maximum atomic E-state index is 5.95. The van der Waals surface area contributed by atoms with Crippen molar-refractivity contribution in [1.82, 2.24) is 14.8 Å². The minimum Gasteiger partial charge on any atom is -0.243 e. The second-order valence-electron chi connectivity index (χ2n) is 3.20. The molecular formula is C9H10ClN3. The number of pyridine rings is 1. The highest BCUT2D eigenvalue weighted by atomic mass is 35.5. The Labute approximate surface area is 81.3 Å². The van der Waals surface area contributed by atoms with E-state index in [1.165, 1.54) is 0 Å². The summed E-state index contributed by atoms with van der Waals surface area (Å²) in [4.78, 5) is 4.24. The molecule has 0 amide bonds. The number of nitrogens with zero attached hydrogens (tertiary/aromatic N) is 3. The summed E-state index contributed by atoms with van der Waals surface area (Å²) in [6, 6.07) is 4.07. The summed E-state index contributed by atoms with van der Waals surface area (Å²) >= 11 is 5.95. The van der Waals surface area contributed by atoms with Crippen LogP contribution in [0.1, 0.15) is 19.9 Å². The van der Waals surface area contributed by atoms with Gasteiger partial charge in [-0.05, 0) is 26.0 Å². The van der Waals surface area contributed by atoms with E-state index < -0.39 is 0 Å². The van der Waals surface area contributed by atoms with Crippen molar-refractivity contribution in [3.8, 4) is 0 Å². The molecule has 0 radical (unpaired) electrons. The molecule has 0 fully saturated rings. The van der Waals surface area contributed by atoms with Crippen LogP contribution in [0.4, 0.5) is 0 Å². The summed E-state index contributed by atoms with van der Waals surface area (Å²) in [5.41, 5.74) is 0.850. The van der Waals surface area contributed by atoms with Gasteiger partial charge in [-0.25, -0.2) is 9.67 Å². The Hall–Kier alpha value is -1.09. The maximum absolute atomic E-state index is 5.95. The largest absolute Gasteiger partial charge is 0.243 e. The van der Waals surface area contributed by atoms with E-state index in [2.05, 4.69) is 23.9 Å². The Kier molecular flexibility index (Phi) is 1.96. The van der Waals surface area contributed by atoms with E-state index in [4.69, 9.17) is 11.6 Å². The van der Waals surface area contributed by atoms with Crippen molar-refractivity contribution < 1.29 is 0 Å². The predicted molar refractivity (Wildman–Crippen MR) is 52.9 cm³/mol. The van der Waals surface area contributed by atoms with Gasteiger partial charge < -0.3 is 0 Å². The molecule has 0 aromatic carbocycles. The number of fused-ring (bicyclic) bond motifs is 1. The van der Waals surface area contributed by atoms with Gasteiger partial charge in [0.1, 0.15) is 0 Å². The molecule has 0 atom stereocenters. The van der Waals surface area contributed by atoms with Crippen molar-refractivity contribution in [1.29, 1.82) is 0 Å². The van der Waals surface area contributed by atoms with Crippen LogP contribution < -0.4 is 0 Å². The van der Waals surface area contributed by atoms with Crippen LogP contribution in [0, 0.1) is 0 Å². The summed E-state index contributed by atoms with van der Waals surface area (Å²) in [6.07, 6.45) is 1.75. The standard InChI is InChI=1S/C9H10ClN3/c1-6(2)13-9-7(8(10)12-13)4-3-5-11-9/h3-6H,1-2H3. The first-order valence-corrected chi connectivity index (χ1v) is 4.56. The first-order valence-electron chi connectivity index (χ1n) is 4.19. The zero-order valence-corrected chi connectivity index (χ0v) is 8.28. The predicted octanol–water partition coefficient (Wildman–Crippen LogP) is 2.67. The Morgan fingerprint density at radius 3 is 2.92 bits per heavy atom. The first-order chi connectivity index (χ1) is 6.20. The SMILES string of the molecule is CC(C)n1nc(Cl)c2cccnc21. The third-order valence-corrected chi connectivity index (χ3v) is 2.19. The van der Waals surface area contributed by atoms with Crippen molar-refractivity contribution in [3.63, 3.8) is 0 Å². The summed E-state index contributed by atoms with van der Waals surface area (Å²) in [5, 5.41) is 5.65. The molecule has 0 saturated heterocycles. The minimum atomic E-state index is 0.282. The van der Waals surface area contributed by atoms with Crippen molar-refractivity contribution in [2.45, 2.75) is 19.9 Å². The normalized spacial score (nSPS) is 11.4. The molecule has 2 heterocycles. The van der Waals surface area contributed by atoms with Crippen LogP contribution >= 0.6 is 11.6 Å². The van der Waals surface area contributed by atoms with Crippen LogP contribution in [0.15, 0.2) is 18.3 Å². The number of hydrogen-bond acceptors (Lipinski definition) is 2. The third-order valence-electron chi connectivity index (χ3n) is 1.91. The van der Waals surface area contributed by atoms with Crippen LogP contribution in [-0.2, 0) is 0 Å². The third kappa shape index (κ3) is 1.29. The molecule has 0 aliphatic heterocycles. The highest BCUT2D eigenvalue weighted by molar-refractivity contribution is 6.34. The molecular weight excluding hydrogens is 186 g/mol. The fourth-order valence-corrected chi connectivity index (χ4v) is 1.53. The molecule has 0 spiro atoms. The monoisotopic (exact) mass is 195 g/mol. The molecule has 0 bridgehead atoms. The summed E-state index contributed by atoms with van der Waals surface area (Å²) in [6.45, 7) is 4.11. The van der Waals surface area contributed by atoms with Gasteiger partial charge in [0.05, 0.1) is 5.39 Å². The summed E-state index contributed by atoms with van der Waals surface area (Å²) in [7, 11) is 0. The second kappa shape index (κ2) is 3.00. The maximum Gasteiger partial charge on any atom is 0.160 e. The quantitative estimate of drug-likeness (QED) is 0.701. The zero-order valence-electron chi connectivity index (χ0n) is 7.53. The Bertz CT molecular complexity index is 433. The van der Waals surface area contributed by atoms with Crippen LogP contribution in [0.2, 0.25) is 5.15 Å². The fourth-order valence-electron chi connectivity index (χ4n) is 1.30. The van der Waals surface area contributed by atoms with Gasteiger partial charge in [-0.3, -0.25) is 0 Å². The molecule has 0 unspecified atom stereocenters. The van der Waals surface area contributed by atoms with Crippen molar-refractivity contribution in [2.75, 3.05) is 0 Å². The van der Waals surface area contributed by atoms with Gasteiger partial charge in [-0.1, -0.05) is 11.6 Å². The van der Waals surface area contributed by atoms with Crippen LogP contribution in [0.25, 0.3) is 11.0 Å². The highest BCUT2D eigenvalue weighted by Gasteiger charge is 2.10. The van der Waals surface area contributed by atoms with Crippen LogP contribution in [0.5, 0.6) is 0 Å². The van der Waals surface area contributed by atoms with E-state index in [9.17, 15) is 0 Å². The molecule has 2 aromatic rings. The summed E-state index contributed by atoms with van der Waals surface area (Å²) < 4.78 is 1.83. The Morgan fingerprint density at radius 1 is 1.46 bits per heavy atom. The second-order valence-corrected chi connectivity index (χ2v) is 3.56. The van der Waals surface area contributed by atoms with E-state index in [1.807, 2.05) is 16.8 Å². The summed E-state index contributed by atoms with van der Waals surface area (Å²) in [5.74, 6) is 0. The average Bonchev–Trinajstić information content (AvgIpc) is 2.45. The minimum absolute atomic E-state index is 0.282. The Balaban J connectivity index is 2.78. The van der Waals surface area contributed by atoms with E-state index >= 15 is 0 Å². The van der Waals surface area contributed by atoms with Gasteiger partial charge in [0.25, 0.3) is 0 Å². The Morgan fingerprint density at radius 2 is 2.23 bits per heavy atom. The smallest absolute Gasteiger partial charge is 0.160 e. The number of rotatable bonds is 1. The van der Waals surface area contributed by atoms with Gasteiger partial charge in [-0.15, -0.1) is 0 Å². The van der Waals surface area contributed by atoms with Gasteiger partial charge in [0, 0.05) is 12.2 Å². The number of hydrogen-bond donors (Lipinski definition) is 0. The lowest BCUT2D eigenvalue weighted by Gasteiger charge is -2.04. The van der Waals surface area contributed by atoms with Crippen molar-refractivity contribution in [3.05, 3.63) is 23.5 Å². The van der Waals surface area contributed by atoms with Crippen LogP contribution in [-0.4, -0.2) is 14.8 Å². The van der Waals surface area contributed by atoms with Gasteiger partial charge in [-0.2, -0.15) is 5.10 Å². The van der Waals surface area contributed by atoms with Gasteiger partial charge in [0.15, 0.2) is 10.8 Å². The number of halogens is 1. The fraction of sp³-hybridized carbons (Fsp3) is 0.333. The van der Waals surface area contributed by atoms with E-state index in [0.717, 1.165) is 11.0 Å². The van der Waals surface area contributed by atoms with Crippen LogP contribution in [0.3, 0.4) is 0 Å². The van der Waals surface area contributed by atoms with E-state index in [-0.39, 0.29) is 6.04 Å². The van der Waals surface area contributed by atoms with Gasteiger partial charge >= 0.3 is 0 Å². The van der Waals surface area contributed by atoms with Crippen molar-refractivity contribution >= 4 is 22.6 Å². The molecule has 0 saturated carbocycles. The lowest BCUT2D eigenvalue weighted by atomic mass is 10.3. The molecule has 13 heavy (non-hydrogen) atoms. The molecule has 0 aliphatic rings. The zero-order chi connectivity index (χ0) is 9.42. The van der Waals surface area contributed by atoms with E-state index in [0.29, 0.717) is 5.15 Å². The topological polar surface area (TPSA) is 30.7 Å². The van der Waals surface area contributed by atoms with E-state index in [1.54, 1.807) is 6.20 Å². The van der Waals surface area contributed by atoms with Gasteiger partial charge in [0.2, 0.25) is 0 Å². The first kappa shape index (κ1) is 8.51. The molecule has 4 heteroatoms. The highest BCUT2D eigenvalue weighted by Crippen LogP contribution is 2.22. The molecule has 0 N–H and O–H groups in total. The molecule has 2 aromatic heterocycles. The molecule has 2 rings (SSSR count).